The monoisotopic (exact) mass is 327 g/mol. The molecule has 1 aliphatic rings. The van der Waals surface area contributed by atoms with E-state index in [0.29, 0.717) is 12.6 Å². The number of nitrogens with zero attached hydrogens (tertiary/aromatic N) is 5. The van der Waals surface area contributed by atoms with Crippen molar-refractivity contribution in [3.63, 3.8) is 0 Å². The Morgan fingerprint density at radius 3 is 3.08 bits per heavy atom. The van der Waals surface area contributed by atoms with E-state index in [1.54, 1.807) is 7.05 Å². The fourth-order valence-electron chi connectivity index (χ4n) is 2.89. The van der Waals surface area contributed by atoms with E-state index in [4.69, 9.17) is 0 Å². The number of hydrogen-bond donors (Lipinski definition) is 2. The molecule has 0 radical (unpaired) electrons. The molecule has 1 aliphatic heterocycles. The third-order valence-corrected chi connectivity index (χ3v) is 4.32. The lowest BCUT2D eigenvalue weighted by Gasteiger charge is -2.25. The second-order valence-electron chi connectivity index (χ2n) is 6.05. The summed E-state index contributed by atoms with van der Waals surface area (Å²) in [6.07, 6.45) is 4.68. The Morgan fingerprint density at radius 2 is 2.33 bits per heavy atom. The quantitative estimate of drug-likeness (QED) is 0.652. The van der Waals surface area contributed by atoms with Crippen LogP contribution < -0.4 is 10.6 Å². The molecule has 2 aromatic heterocycles. The number of nitrogens with one attached hydrogen (secondary N) is 2. The molecule has 0 saturated carbocycles. The van der Waals surface area contributed by atoms with E-state index < -0.39 is 0 Å². The van der Waals surface area contributed by atoms with Crippen molar-refractivity contribution in [3.8, 4) is 0 Å². The van der Waals surface area contributed by atoms with Crippen LogP contribution in [0.5, 0.6) is 0 Å². The lowest BCUT2D eigenvalue weighted by molar-refractivity contribution is 0.392. The van der Waals surface area contributed by atoms with E-state index in [9.17, 15) is 0 Å². The lowest BCUT2D eigenvalue weighted by atomic mass is 10.1. The molecule has 3 heterocycles. The van der Waals surface area contributed by atoms with Crippen molar-refractivity contribution >= 4 is 5.96 Å². The molecular weight excluding hydrogens is 302 g/mol. The maximum atomic E-state index is 4.56. The van der Waals surface area contributed by atoms with Crippen molar-refractivity contribution in [2.45, 2.75) is 52.2 Å². The van der Waals surface area contributed by atoms with Gasteiger partial charge >= 0.3 is 0 Å². The lowest BCUT2D eigenvalue weighted by Crippen LogP contribution is -2.46. The molecule has 7 nitrogen and oxygen atoms in total. The summed E-state index contributed by atoms with van der Waals surface area (Å²) in [5.74, 6) is 2.82. The van der Waals surface area contributed by atoms with Gasteiger partial charge in [-0.1, -0.05) is 13.0 Å². The molecule has 1 unspecified atom stereocenters. The van der Waals surface area contributed by atoms with Gasteiger partial charge in [-0.3, -0.25) is 9.98 Å². The van der Waals surface area contributed by atoms with Crippen molar-refractivity contribution in [1.82, 2.24) is 30.4 Å². The van der Waals surface area contributed by atoms with Crippen LogP contribution in [-0.2, 0) is 25.9 Å². The zero-order chi connectivity index (χ0) is 16.9. The molecule has 1 atom stereocenters. The van der Waals surface area contributed by atoms with Crippen molar-refractivity contribution < 1.29 is 0 Å². The predicted octanol–water partition coefficient (Wildman–Crippen LogP) is 1.22. The van der Waals surface area contributed by atoms with Crippen molar-refractivity contribution in [1.29, 1.82) is 0 Å². The minimum absolute atomic E-state index is 0.305. The van der Waals surface area contributed by atoms with E-state index in [1.165, 1.54) is 5.56 Å². The third-order valence-electron chi connectivity index (χ3n) is 4.32. The van der Waals surface area contributed by atoms with Gasteiger partial charge in [0.05, 0.1) is 18.8 Å². The molecule has 2 aromatic rings. The summed E-state index contributed by atoms with van der Waals surface area (Å²) in [6.45, 7) is 5.64. The van der Waals surface area contributed by atoms with E-state index in [1.807, 2.05) is 16.9 Å². The fourth-order valence-corrected chi connectivity index (χ4v) is 2.89. The highest BCUT2D eigenvalue weighted by atomic mass is 15.4. The van der Waals surface area contributed by atoms with E-state index >= 15 is 0 Å². The fraction of sp³-hybridized carbons (Fsp3) is 0.529. The molecule has 2 N–H and O–H groups in total. The molecule has 3 rings (SSSR count). The van der Waals surface area contributed by atoms with Gasteiger partial charge in [-0.15, -0.1) is 0 Å². The summed E-state index contributed by atoms with van der Waals surface area (Å²) in [4.78, 5) is 13.3. The van der Waals surface area contributed by atoms with Gasteiger partial charge in [0, 0.05) is 32.1 Å². The SMILES string of the molecule is CCc1nc2n(n1)CC(NC(=NC)NCc1ncccc1C)CC2. The van der Waals surface area contributed by atoms with Crippen LogP contribution in [0.15, 0.2) is 23.3 Å². The number of hydrogen-bond acceptors (Lipinski definition) is 4. The summed E-state index contributed by atoms with van der Waals surface area (Å²) in [5.41, 5.74) is 2.22. The van der Waals surface area contributed by atoms with E-state index in [0.717, 1.165) is 49.1 Å². The van der Waals surface area contributed by atoms with Crippen LogP contribution in [0.25, 0.3) is 0 Å². The maximum Gasteiger partial charge on any atom is 0.191 e. The topological polar surface area (TPSA) is 80.0 Å². The predicted molar refractivity (Wildman–Crippen MR) is 93.8 cm³/mol. The maximum absolute atomic E-state index is 4.56. The normalized spacial score (nSPS) is 17.5. The van der Waals surface area contributed by atoms with Crippen LogP contribution in [0.1, 0.15) is 36.3 Å². The summed E-state index contributed by atoms with van der Waals surface area (Å²) in [6, 6.07) is 4.33. The molecule has 0 saturated heterocycles. The average Bonchev–Trinajstić information content (AvgIpc) is 3.02. The number of rotatable bonds is 4. The van der Waals surface area contributed by atoms with Crippen LogP contribution >= 0.6 is 0 Å². The minimum atomic E-state index is 0.305. The molecule has 24 heavy (non-hydrogen) atoms. The largest absolute Gasteiger partial charge is 0.352 e. The molecule has 0 spiro atoms. The van der Waals surface area contributed by atoms with E-state index in [-0.39, 0.29) is 0 Å². The standard InChI is InChI=1S/C17H25N7/c1-4-15-22-16-8-7-13(11-24(16)23-15)21-17(18-3)20-10-14-12(2)6-5-9-19-14/h5-6,9,13H,4,7-8,10-11H2,1-3H3,(H2,18,20,21). The zero-order valence-corrected chi connectivity index (χ0v) is 14.6. The molecule has 128 valence electrons. The second-order valence-corrected chi connectivity index (χ2v) is 6.05. The van der Waals surface area contributed by atoms with Crippen LogP contribution in [0.2, 0.25) is 0 Å². The van der Waals surface area contributed by atoms with Crippen LogP contribution in [0.4, 0.5) is 0 Å². The third kappa shape index (κ3) is 3.72. The molecule has 0 aromatic carbocycles. The van der Waals surface area contributed by atoms with Gasteiger partial charge in [0.1, 0.15) is 5.82 Å². The van der Waals surface area contributed by atoms with Gasteiger partial charge in [0.25, 0.3) is 0 Å². The Morgan fingerprint density at radius 1 is 1.46 bits per heavy atom. The highest BCUT2D eigenvalue weighted by Crippen LogP contribution is 2.13. The van der Waals surface area contributed by atoms with E-state index in [2.05, 4.69) is 50.6 Å². The molecule has 0 bridgehead atoms. The number of aliphatic imine (C=N–C) groups is 1. The van der Waals surface area contributed by atoms with Crippen LogP contribution in [0.3, 0.4) is 0 Å². The van der Waals surface area contributed by atoms with Gasteiger partial charge in [-0.25, -0.2) is 9.67 Å². The summed E-state index contributed by atoms with van der Waals surface area (Å²) in [7, 11) is 1.79. The zero-order valence-electron chi connectivity index (χ0n) is 14.6. The van der Waals surface area contributed by atoms with Crippen molar-refractivity contribution in [2.75, 3.05) is 7.05 Å². The van der Waals surface area contributed by atoms with Gasteiger partial charge in [0.15, 0.2) is 11.8 Å². The molecule has 0 amide bonds. The Kier molecular flexibility index (Phi) is 5.08. The average molecular weight is 327 g/mol. The first-order chi connectivity index (χ1) is 11.7. The second kappa shape index (κ2) is 7.42. The smallest absolute Gasteiger partial charge is 0.191 e. The minimum Gasteiger partial charge on any atom is -0.352 e. The van der Waals surface area contributed by atoms with Gasteiger partial charge in [-0.2, -0.15) is 5.10 Å². The van der Waals surface area contributed by atoms with Gasteiger partial charge in [-0.05, 0) is 25.0 Å². The number of aryl methyl sites for hydroxylation is 3. The number of pyridine rings is 1. The van der Waals surface area contributed by atoms with Gasteiger partial charge in [0.2, 0.25) is 0 Å². The Hall–Kier alpha value is -2.44. The van der Waals surface area contributed by atoms with Crippen LogP contribution in [0, 0.1) is 6.92 Å². The Labute approximate surface area is 142 Å². The first kappa shape index (κ1) is 16.4. The summed E-state index contributed by atoms with van der Waals surface area (Å²) >= 11 is 0. The number of fused-ring (bicyclic) bond motifs is 1. The molecule has 0 fully saturated rings. The summed E-state index contributed by atoms with van der Waals surface area (Å²) in [5, 5.41) is 11.4. The molecule has 7 heteroatoms. The number of aromatic nitrogens is 4. The first-order valence-electron chi connectivity index (χ1n) is 8.50. The number of guanidine groups is 1. The highest BCUT2D eigenvalue weighted by Gasteiger charge is 2.22. The first-order valence-corrected chi connectivity index (χ1v) is 8.50. The van der Waals surface area contributed by atoms with Gasteiger partial charge < -0.3 is 10.6 Å². The Balaban J connectivity index is 1.57. The van der Waals surface area contributed by atoms with Crippen molar-refractivity contribution in [3.05, 3.63) is 41.2 Å². The molecule has 0 aliphatic carbocycles. The summed E-state index contributed by atoms with van der Waals surface area (Å²) < 4.78 is 2.02. The molecular formula is C17H25N7. The van der Waals surface area contributed by atoms with Crippen molar-refractivity contribution in [2.24, 2.45) is 4.99 Å². The highest BCUT2D eigenvalue weighted by molar-refractivity contribution is 5.79. The Bertz CT molecular complexity index is 719. The van der Waals surface area contributed by atoms with Crippen LogP contribution in [-0.4, -0.2) is 38.8 Å².